The summed E-state index contributed by atoms with van der Waals surface area (Å²) >= 11 is 5.95. The largest absolute Gasteiger partial charge is 0.321 e. The Balaban J connectivity index is 1.93. The van der Waals surface area contributed by atoms with E-state index < -0.39 is 0 Å². The van der Waals surface area contributed by atoms with E-state index in [1.54, 1.807) is 16.8 Å². The van der Waals surface area contributed by atoms with E-state index in [9.17, 15) is 4.79 Å². The quantitative estimate of drug-likeness (QED) is 0.737. The molecule has 6 heteroatoms. The number of anilines is 1. The fourth-order valence-electron chi connectivity index (χ4n) is 2.64. The Kier molecular flexibility index (Phi) is 5.14. The maximum absolute atomic E-state index is 12.7. The molecule has 1 aromatic heterocycles. The number of hydrogen-bond acceptors (Lipinski definition) is 3. The van der Waals surface area contributed by atoms with E-state index in [-0.39, 0.29) is 5.91 Å². The zero-order valence-electron chi connectivity index (χ0n) is 14.2. The Hall–Kier alpha value is -2.66. The van der Waals surface area contributed by atoms with Crippen molar-refractivity contribution in [1.82, 2.24) is 15.0 Å². The lowest BCUT2D eigenvalue weighted by Gasteiger charge is -2.08. The van der Waals surface area contributed by atoms with Gasteiger partial charge in [-0.05, 0) is 55.3 Å². The van der Waals surface area contributed by atoms with Crippen LogP contribution in [0.1, 0.15) is 35.1 Å². The highest BCUT2D eigenvalue weighted by atomic mass is 35.5. The number of nitrogens with one attached hydrogen (secondary N) is 1. The third-order valence-electron chi connectivity index (χ3n) is 3.81. The van der Waals surface area contributed by atoms with Gasteiger partial charge in [0.1, 0.15) is 0 Å². The predicted octanol–water partition coefficient (Wildman–Crippen LogP) is 4.43. The number of amides is 1. The van der Waals surface area contributed by atoms with E-state index in [0.29, 0.717) is 17.1 Å². The number of rotatable bonds is 5. The first-order valence-electron chi connectivity index (χ1n) is 8.17. The Morgan fingerprint density at radius 2 is 1.96 bits per heavy atom. The molecule has 0 bridgehead atoms. The van der Waals surface area contributed by atoms with Crippen LogP contribution in [0.25, 0.3) is 5.69 Å². The van der Waals surface area contributed by atoms with Gasteiger partial charge in [-0.1, -0.05) is 42.3 Å². The van der Waals surface area contributed by atoms with Gasteiger partial charge in [-0.3, -0.25) is 4.79 Å². The molecule has 0 aliphatic carbocycles. The second kappa shape index (κ2) is 7.49. The molecule has 0 atom stereocenters. The zero-order chi connectivity index (χ0) is 17.8. The van der Waals surface area contributed by atoms with E-state index >= 15 is 0 Å². The van der Waals surface area contributed by atoms with Crippen LogP contribution in [0.3, 0.4) is 0 Å². The fourth-order valence-corrected chi connectivity index (χ4v) is 2.77. The van der Waals surface area contributed by atoms with Gasteiger partial charge in [0.2, 0.25) is 0 Å². The van der Waals surface area contributed by atoms with Crippen LogP contribution in [-0.2, 0) is 6.42 Å². The molecular formula is C19H19ClN4O. The van der Waals surface area contributed by atoms with Gasteiger partial charge in [0, 0.05) is 10.7 Å². The summed E-state index contributed by atoms with van der Waals surface area (Å²) in [6.07, 6.45) is 1.58. The first kappa shape index (κ1) is 17.2. The van der Waals surface area contributed by atoms with Crippen LogP contribution in [-0.4, -0.2) is 20.9 Å². The summed E-state index contributed by atoms with van der Waals surface area (Å²) in [5, 5.41) is 11.8. The lowest BCUT2D eigenvalue weighted by Crippen LogP contribution is -2.15. The van der Waals surface area contributed by atoms with Crippen molar-refractivity contribution >= 4 is 23.2 Å². The van der Waals surface area contributed by atoms with E-state index in [0.717, 1.165) is 29.1 Å². The van der Waals surface area contributed by atoms with Gasteiger partial charge in [0.25, 0.3) is 5.91 Å². The Morgan fingerprint density at radius 3 is 2.64 bits per heavy atom. The highest BCUT2D eigenvalue weighted by Gasteiger charge is 2.20. The van der Waals surface area contributed by atoms with Crippen molar-refractivity contribution in [3.63, 3.8) is 0 Å². The molecule has 0 radical (unpaired) electrons. The van der Waals surface area contributed by atoms with Crippen LogP contribution in [0, 0.1) is 6.92 Å². The van der Waals surface area contributed by atoms with Crippen molar-refractivity contribution in [3.05, 3.63) is 70.5 Å². The van der Waals surface area contributed by atoms with Crippen molar-refractivity contribution in [2.75, 3.05) is 5.32 Å². The molecule has 0 spiro atoms. The van der Waals surface area contributed by atoms with E-state index in [4.69, 9.17) is 11.6 Å². The minimum Gasteiger partial charge on any atom is -0.321 e. The van der Waals surface area contributed by atoms with Gasteiger partial charge in [-0.25, -0.2) is 4.68 Å². The van der Waals surface area contributed by atoms with E-state index in [1.165, 1.54) is 0 Å². The molecule has 25 heavy (non-hydrogen) atoms. The van der Waals surface area contributed by atoms with Crippen LogP contribution in [0.4, 0.5) is 5.69 Å². The first-order valence-corrected chi connectivity index (χ1v) is 8.55. The Bertz CT molecular complexity index is 887. The number of aromatic nitrogens is 3. The number of halogens is 1. The summed E-state index contributed by atoms with van der Waals surface area (Å²) in [6, 6.07) is 15.0. The molecule has 0 aliphatic rings. The molecule has 0 fully saturated rings. The smallest absolute Gasteiger partial charge is 0.278 e. The molecule has 128 valence electrons. The first-order chi connectivity index (χ1) is 12.1. The van der Waals surface area contributed by atoms with Crippen molar-refractivity contribution in [2.24, 2.45) is 0 Å². The van der Waals surface area contributed by atoms with Crippen LogP contribution in [0.2, 0.25) is 5.02 Å². The highest BCUT2D eigenvalue weighted by molar-refractivity contribution is 6.30. The molecule has 3 rings (SSSR count). The van der Waals surface area contributed by atoms with Crippen molar-refractivity contribution < 1.29 is 4.79 Å². The second-order valence-electron chi connectivity index (χ2n) is 5.85. The summed E-state index contributed by atoms with van der Waals surface area (Å²) in [5.41, 5.74) is 3.79. The second-order valence-corrected chi connectivity index (χ2v) is 6.28. The number of carbonyl (C=O) groups excluding carboxylic acids is 1. The average molecular weight is 355 g/mol. The maximum Gasteiger partial charge on any atom is 0.278 e. The normalized spacial score (nSPS) is 10.7. The topological polar surface area (TPSA) is 59.8 Å². The molecule has 3 aromatic rings. The van der Waals surface area contributed by atoms with E-state index in [1.807, 2.05) is 43.3 Å². The fraction of sp³-hybridized carbons (Fsp3) is 0.211. The third kappa shape index (κ3) is 3.88. The average Bonchev–Trinajstić information content (AvgIpc) is 3.00. The summed E-state index contributed by atoms with van der Waals surface area (Å²) in [6.45, 7) is 4.04. The Labute approximate surface area is 151 Å². The molecule has 1 amide bonds. The highest BCUT2D eigenvalue weighted by Crippen LogP contribution is 2.19. The number of aryl methyl sites for hydroxylation is 1. The van der Waals surface area contributed by atoms with Gasteiger partial charge in [-0.2, -0.15) is 0 Å². The third-order valence-corrected chi connectivity index (χ3v) is 4.06. The lowest BCUT2D eigenvalue weighted by molar-refractivity contribution is 0.102. The van der Waals surface area contributed by atoms with Crippen LogP contribution < -0.4 is 5.32 Å². The monoisotopic (exact) mass is 354 g/mol. The summed E-state index contributed by atoms with van der Waals surface area (Å²) in [5.74, 6) is -0.255. The summed E-state index contributed by atoms with van der Waals surface area (Å²) in [4.78, 5) is 12.7. The molecule has 0 saturated heterocycles. The lowest BCUT2D eigenvalue weighted by atomic mass is 10.1. The molecule has 0 saturated carbocycles. The van der Waals surface area contributed by atoms with Crippen LogP contribution in [0.5, 0.6) is 0 Å². The molecule has 1 heterocycles. The van der Waals surface area contributed by atoms with Gasteiger partial charge in [0.15, 0.2) is 5.69 Å². The maximum atomic E-state index is 12.7. The van der Waals surface area contributed by atoms with Crippen molar-refractivity contribution in [3.8, 4) is 5.69 Å². The SMILES string of the molecule is CCCc1c(C(=O)Nc2cccc(C)c2)nnn1-c1ccc(Cl)cc1. The molecular weight excluding hydrogens is 336 g/mol. The number of carbonyl (C=O) groups is 1. The predicted molar refractivity (Wildman–Crippen MR) is 99.5 cm³/mol. The van der Waals surface area contributed by atoms with Crippen molar-refractivity contribution in [1.29, 1.82) is 0 Å². The van der Waals surface area contributed by atoms with Gasteiger partial charge in [0.05, 0.1) is 11.4 Å². The zero-order valence-corrected chi connectivity index (χ0v) is 14.9. The van der Waals surface area contributed by atoms with Gasteiger partial charge < -0.3 is 5.32 Å². The van der Waals surface area contributed by atoms with Gasteiger partial charge in [-0.15, -0.1) is 5.10 Å². The molecule has 0 aliphatic heterocycles. The number of nitrogens with zero attached hydrogens (tertiary/aromatic N) is 3. The van der Waals surface area contributed by atoms with Gasteiger partial charge >= 0.3 is 0 Å². The standard InChI is InChI=1S/C19H19ClN4O/c1-3-5-17-18(19(25)21-15-7-4-6-13(2)12-15)22-23-24(17)16-10-8-14(20)9-11-16/h4,6-12H,3,5H2,1-2H3,(H,21,25). The van der Waals surface area contributed by atoms with Crippen LogP contribution in [0.15, 0.2) is 48.5 Å². The molecule has 2 aromatic carbocycles. The number of hydrogen-bond donors (Lipinski definition) is 1. The Morgan fingerprint density at radius 1 is 1.20 bits per heavy atom. The molecule has 5 nitrogen and oxygen atoms in total. The van der Waals surface area contributed by atoms with E-state index in [2.05, 4.69) is 22.6 Å². The van der Waals surface area contributed by atoms with Crippen molar-refractivity contribution in [2.45, 2.75) is 26.7 Å². The molecule has 1 N–H and O–H groups in total. The minimum absolute atomic E-state index is 0.255. The summed E-state index contributed by atoms with van der Waals surface area (Å²) < 4.78 is 1.70. The molecule has 0 unspecified atom stereocenters. The van der Waals surface area contributed by atoms with Crippen LogP contribution >= 0.6 is 11.6 Å². The minimum atomic E-state index is -0.255. The number of benzene rings is 2. The summed E-state index contributed by atoms with van der Waals surface area (Å²) in [7, 11) is 0.